The first-order valence-corrected chi connectivity index (χ1v) is 7.44. The van der Waals surface area contributed by atoms with E-state index in [1.54, 1.807) is 24.0 Å². The van der Waals surface area contributed by atoms with Gasteiger partial charge in [-0.3, -0.25) is 10.1 Å². The van der Waals surface area contributed by atoms with Gasteiger partial charge in [-0.2, -0.15) is 0 Å². The number of nitrogens with one attached hydrogen (secondary N) is 1. The lowest BCUT2D eigenvalue weighted by Gasteiger charge is -2.32. The topological polar surface area (TPSA) is 84.7 Å². The number of amides is 1. The molecule has 1 aliphatic rings. The molecule has 1 aliphatic heterocycles. The molecule has 22 heavy (non-hydrogen) atoms. The minimum absolute atomic E-state index is 0.0819. The monoisotopic (exact) mass is 307 g/mol. The van der Waals surface area contributed by atoms with Crippen LogP contribution in [-0.2, 0) is 4.74 Å². The van der Waals surface area contributed by atoms with Crippen LogP contribution in [0, 0.1) is 17.0 Å². The number of carbonyl (C=O) groups excluding carboxylic acids is 1. The summed E-state index contributed by atoms with van der Waals surface area (Å²) in [6, 6.07) is 5.15. The number of likely N-dealkylation sites (tertiary alicyclic amines) is 1. The molecule has 0 aromatic heterocycles. The normalized spacial score (nSPS) is 15.5. The second-order valence-electron chi connectivity index (χ2n) is 5.38. The molecule has 1 amide bonds. The highest BCUT2D eigenvalue weighted by Crippen LogP contribution is 2.27. The maximum Gasteiger partial charge on any atom is 0.409 e. The smallest absolute Gasteiger partial charge is 0.409 e. The Balaban J connectivity index is 1.98. The van der Waals surface area contributed by atoms with Gasteiger partial charge < -0.3 is 15.0 Å². The SMILES string of the molecule is CCOC(=O)N1CCC(Nc2cc(C)ccc2[N+](=O)[O-])CC1. The maximum atomic E-state index is 11.6. The first kappa shape index (κ1) is 16.1. The Morgan fingerprint density at radius 3 is 2.73 bits per heavy atom. The van der Waals surface area contributed by atoms with Crippen molar-refractivity contribution in [1.82, 2.24) is 4.90 Å². The summed E-state index contributed by atoms with van der Waals surface area (Å²) >= 11 is 0. The number of nitro groups is 1. The standard InChI is InChI=1S/C15H21N3O4/c1-3-22-15(19)17-8-6-12(7-9-17)16-13-10-11(2)4-5-14(13)18(20)21/h4-5,10,12,16H,3,6-9H2,1-2H3. The fourth-order valence-corrected chi connectivity index (χ4v) is 2.57. The largest absolute Gasteiger partial charge is 0.450 e. The zero-order chi connectivity index (χ0) is 16.1. The lowest BCUT2D eigenvalue weighted by Crippen LogP contribution is -2.42. The predicted molar refractivity (Wildman–Crippen MR) is 83.1 cm³/mol. The number of hydrogen-bond acceptors (Lipinski definition) is 5. The number of anilines is 1. The van der Waals surface area contributed by atoms with Crippen molar-refractivity contribution in [3.05, 3.63) is 33.9 Å². The van der Waals surface area contributed by atoms with Crippen molar-refractivity contribution in [3.63, 3.8) is 0 Å². The average Bonchev–Trinajstić information content (AvgIpc) is 2.48. The second kappa shape index (κ2) is 7.11. The van der Waals surface area contributed by atoms with Gasteiger partial charge in [-0.15, -0.1) is 0 Å². The van der Waals surface area contributed by atoms with Crippen molar-refractivity contribution in [2.75, 3.05) is 25.0 Å². The van der Waals surface area contributed by atoms with E-state index in [1.165, 1.54) is 6.07 Å². The first-order chi connectivity index (χ1) is 10.5. The molecule has 7 heteroatoms. The van der Waals surface area contributed by atoms with Gasteiger partial charge in [-0.1, -0.05) is 6.07 Å². The molecule has 1 N–H and O–H groups in total. The molecular weight excluding hydrogens is 286 g/mol. The Bertz CT molecular complexity index is 554. The number of ether oxygens (including phenoxy) is 1. The van der Waals surface area contributed by atoms with Crippen LogP contribution in [-0.4, -0.2) is 41.7 Å². The van der Waals surface area contributed by atoms with Gasteiger partial charge in [-0.05, 0) is 38.3 Å². The van der Waals surface area contributed by atoms with E-state index in [-0.39, 0.29) is 22.7 Å². The van der Waals surface area contributed by atoms with Gasteiger partial charge in [-0.25, -0.2) is 4.79 Å². The summed E-state index contributed by atoms with van der Waals surface area (Å²) in [6.07, 6.45) is 1.19. The van der Waals surface area contributed by atoms with Crippen molar-refractivity contribution >= 4 is 17.5 Å². The summed E-state index contributed by atoms with van der Waals surface area (Å²) in [7, 11) is 0. The lowest BCUT2D eigenvalue weighted by atomic mass is 10.0. The van der Waals surface area contributed by atoms with Gasteiger partial charge in [0, 0.05) is 25.2 Å². The maximum absolute atomic E-state index is 11.6. The Morgan fingerprint density at radius 2 is 2.14 bits per heavy atom. The van der Waals surface area contributed by atoms with Crippen molar-refractivity contribution in [3.8, 4) is 0 Å². The molecule has 1 aromatic carbocycles. The Kier molecular flexibility index (Phi) is 5.19. The molecule has 0 spiro atoms. The molecule has 0 saturated carbocycles. The fraction of sp³-hybridized carbons (Fsp3) is 0.533. The number of nitrogens with zero attached hydrogens (tertiary/aromatic N) is 2. The number of piperidine rings is 1. The summed E-state index contributed by atoms with van der Waals surface area (Å²) in [5.41, 5.74) is 1.59. The summed E-state index contributed by atoms with van der Waals surface area (Å²) in [5, 5.41) is 14.3. The van der Waals surface area contributed by atoms with Crippen LogP contribution in [0.2, 0.25) is 0 Å². The third kappa shape index (κ3) is 3.87. The van der Waals surface area contributed by atoms with E-state index in [2.05, 4.69) is 5.32 Å². The van der Waals surface area contributed by atoms with E-state index >= 15 is 0 Å². The molecule has 1 aromatic rings. The zero-order valence-electron chi connectivity index (χ0n) is 12.9. The zero-order valence-corrected chi connectivity index (χ0v) is 12.9. The Morgan fingerprint density at radius 1 is 1.45 bits per heavy atom. The molecule has 0 radical (unpaired) electrons. The van der Waals surface area contributed by atoms with E-state index in [0.717, 1.165) is 18.4 Å². The summed E-state index contributed by atoms with van der Waals surface area (Å²) in [4.78, 5) is 24.0. The van der Waals surface area contributed by atoms with Crippen molar-refractivity contribution in [2.24, 2.45) is 0 Å². The Labute approximate surface area is 129 Å². The molecule has 1 heterocycles. The third-order valence-electron chi connectivity index (χ3n) is 3.73. The van der Waals surface area contributed by atoms with Crippen molar-refractivity contribution in [1.29, 1.82) is 0 Å². The van der Waals surface area contributed by atoms with Gasteiger partial charge in [0.05, 0.1) is 11.5 Å². The average molecular weight is 307 g/mol. The van der Waals surface area contributed by atoms with E-state index in [0.29, 0.717) is 25.4 Å². The van der Waals surface area contributed by atoms with Gasteiger partial charge in [0.15, 0.2) is 0 Å². The number of carbonyl (C=O) groups is 1. The molecule has 120 valence electrons. The summed E-state index contributed by atoms with van der Waals surface area (Å²) in [5.74, 6) is 0. The molecular formula is C15H21N3O4. The molecule has 0 aliphatic carbocycles. The quantitative estimate of drug-likeness (QED) is 0.683. The minimum atomic E-state index is -0.379. The highest BCUT2D eigenvalue weighted by molar-refractivity contribution is 5.68. The third-order valence-corrected chi connectivity index (χ3v) is 3.73. The van der Waals surface area contributed by atoms with Crippen LogP contribution in [0.1, 0.15) is 25.3 Å². The molecule has 0 unspecified atom stereocenters. The summed E-state index contributed by atoms with van der Waals surface area (Å²) < 4.78 is 4.98. The van der Waals surface area contributed by atoms with Crippen molar-refractivity contribution < 1.29 is 14.5 Å². The molecule has 0 bridgehead atoms. The Hall–Kier alpha value is -2.31. The molecule has 2 rings (SSSR count). The van der Waals surface area contributed by atoms with Gasteiger partial charge in [0.25, 0.3) is 5.69 Å². The van der Waals surface area contributed by atoms with Crippen molar-refractivity contribution in [2.45, 2.75) is 32.7 Å². The molecule has 1 fully saturated rings. The second-order valence-corrected chi connectivity index (χ2v) is 5.38. The van der Waals surface area contributed by atoms with Crippen LogP contribution in [0.15, 0.2) is 18.2 Å². The van der Waals surface area contributed by atoms with Gasteiger partial charge in [0.2, 0.25) is 0 Å². The van der Waals surface area contributed by atoms with E-state index < -0.39 is 0 Å². The number of benzene rings is 1. The summed E-state index contributed by atoms with van der Waals surface area (Å²) in [6.45, 7) is 5.24. The molecule has 1 saturated heterocycles. The van der Waals surface area contributed by atoms with Crippen LogP contribution in [0.3, 0.4) is 0 Å². The van der Waals surface area contributed by atoms with Crippen LogP contribution in [0.25, 0.3) is 0 Å². The number of rotatable bonds is 4. The van der Waals surface area contributed by atoms with E-state index in [4.69, 9.17) is 4.74 Å². The minimum Gasteiger partial charge on any atom is -0.450 e. The lowest BCUT2D eigenvalue weighted by molar-refractivity contribution is -0.384. The van der Waals surface area contributed by atoms with Crippen LogP contribution >= 0.6 is 0 Å². The molecule has 0 atom stereocenters. The molecule has 7 nitrogen and oxygen atoms in total. The van der Waals surface area contributed by atoms with Crippen LogP contribution < -0.4 is 5.32 Å². The predicted octanol–water partition coefficient (Wildman–Crippen LogP) is 2.94. The van der Waals surface area contributed by atoms with Crippen LogP contribution in [0.4, 0.5) is 16.2 Å². The number of aryl methyl sites for hydroxylation is 1. The number of hydrogen-bond donors (Lipinski definition) is 1. The highest BCUT2D eigenvalue weighted by atomic mass is 16.6. The van der Waals surface area contributed by atoms with E-state index in [1.807, 2.05) is 6.92 Å². The van der Waals surface area contributed by atoms with Gasteiger partial charge in [0.1, 0.15) is 5.69 Å². The fourth-order valence-electron chi connectivity index (χ4n) is 2.57. The number of nitro benzene ring substituents is 1. The van der Waals surface area contributed by atoms with Crippen LogP contribution in [0.5, 0.6) is 0 Å². The van der Waals surface area contributed by atoms with Gasteiger partial charge >= 0.3 is 6.09 Å². The first-order valence-electron chi connectivity index (χ1n) is 7.44. The van der Waals surface area contributed by atoms with E-state index in [9.17, 15) is 14.9 Å². The highest BCUT2D eigenvalue weighted by Gasteiger charge is 2.25.